The number of ether oxygens (including phenoxy) is 2. The minimum atomic E-state index is -0.308. The second-order valence-corrected chi connectivity index (χ2v) is 4.53. The zero-order chi connectivity index (χ0) is 15.5. The molecule has 1 aromatic rings. The first kappa shape index (κ1) is 17.2. The molecule has 21 heavy (non-hydrogen) atoms. The molecule has 0 fully saturated rings. The molecule has 5 nitrogen and oxygen atoms in total. The van der Waals surface area contributed by atoms with Crippen LogP contribution >= 0.6 is 0 Å². The lowest BCUT2D eigenvalue weighted by Crippen LogP contribution is -2.39. The zero-order valence-electron chi connectivity index (χ0n) is 12.9. The van der Waals surface area contributed by atoms with E-state index in [0.717, 1.165) is 6.54 Å². The van der Waals surface area contributed by atoms with Gasteiger partial charge >= 0.3 is 0 Å². The van der Waals surface area contributed by atoms with Gasteiger partial charge in [-0.25, -0.2) is 9.38 Å². The molecule has 118 valence electrons. The molecule has 0 saturated heterocycles. The van der Waals surface area contributed by atoms with Gasteiger partial charge in [-0.05, 0) is 26.0 Å². The summed E-state index contributed by atoms with van der Waals surface area (Å²) in [4.78, 5) is 4.42. The highest BCUT2D eigenvalue weighted by Crippen LogP contribution is 2.13. The third-order valence-corrected chi connectivity index (χ3v) is 2.58. The van der Waals surface area contributed by atoms with Gasteiger partial charge in [0.15, 0.2) is 5.96 Å². The smallest absolute Gasteiger partial charge is 0.191 e. The molecule has 0 bridgehead atoms. The van der Waals surface area contributed by atoms with Crippen LogP contribution in [0.5, 0.6) is 5.75 Å². The van der Waals surface area contributed by atoms with Gasteiger partial charge in [0, 0.05) is 26.3 Å². The molecule has 0 radical (unpaired) electrons. The van der Waals surface area contributed by atoms with Crippen LogP contribution in [0.15, 0.2) is 29.3 Å². The number of methoxy groups -OCH3 is 1. The minimum Gasteiger partial charge on any atom is -0.489 e. The molecule has 1 aromatic carbocycles. The van der Waals surface area contributed by atoms with Crippen molar-refractivity contribution in [3.63, 3.8) is 0 Å². The van der Waals surface area contributed by atoms with Crippen LogP contribution < -0.4 is 15.4 Å². The van der Waals surface area contributed by atoms with Crippen molar-refractivity contribution in [3.05, 3.63) is 30.1 Å². The van der Waals surface area contributed by atoms with Crippen molar-refractivity contribution in [3.8, 4) is 5.75 Å². The maximum absolute atomic E-state index is 13.1. The molecule has 0 spiro atoms. The third kappa shape index (κ3) is 7.51. The topological polar surface area (TPSA) is 54.9 Å². The highest BCUT2D eigenvalue weighted by Gasteiger charge is 2.05. The van der Waals surface area contributed by atoms with Gasteiger partial charge in [-0.15, -0.1) is 0 Å². The lowest BCUT2D eigenvalue weighted by Gasteiger charge is -2.15. The summed E-state index contributed by atoms with van der Waals surface area (Å²) in [5.74, 6) is 0.914. The molecule has 1 unspecified atom stereocenters. The number of nitrogens with zero attached hydrogens (tertiary/aromatic N) is 1. The Balaban J connectivity index is 2.46. The average molecular weight is 297 g/mol. The van der Waals surface area contributed by atoms with Crippen molar-refractivity contribution < 1.29 is 13.9 Å². The fraction of sp³-hybridized carbons (Fsp3) is 0.533. The van der Waals surface area contributed by atoms with E-state index in [9.17, 15) is 4.39 Å². The van der Waals surface area contributed by atoms with Crippen LogP contribution in [0.1, 0.15) is 13.8 Å². The van der Waals surface area contributed by atoms with Crippen LogP contribution in [-0.4, -0.2) is 45.4 Å². The standard InChI is InChI=1S/C15H24FN3O2/c1-4-17-15(18-8-9-20-3)19-11-12(2)21-14-7-5-6-13(16)10-14/h5-7,10,12H,4,8-9,11H2,1-3H3,(H2,17,18,19). The Labute approximate surface area is 125 Å². The van der Waals surface area contributed by atoms with Crippen molar-refractivity contribution in [2.24, 2.45) is 4.99 Å². The number of guanidine groups is 1. The molecule has 1 atom stereocenters. The van der Waals surface area contributed by atoms with Gasteiger partial charge < -0.3 is 20.1 Å². The molecular weight excluding hydrogens is 273 g/mol. The van der Waals surface area contributed by atoms with Crippen LogP contribution in [-0.2, 0) is 4.74 Å². The number of benzene rings is 1. The first-order valence-electron chi connectivity index (χ1n) is 7.09. The summed E-state index contributed by atoms with van der Waals surface area (Å²) in [6.07, 6.45) is -0.148. The summed E-state index contributed by atoms with van der Waals surface area (Å²) in [6.45, 7) is 6.44. The Morgan fingerprint density at radius 1 is 1.38 bits per heavy atom. The van der Waals surface area contributed by atoms with E-state index in [2.05, 4.69) is 15.6 Å². The number of nitrogens with one attached hydrogen (secondary N) is 2. The van der Waals surface area contributed by atoms with E-state index in [1.54, 1.807) is 19.2 Å². The van der Waals surface area contributed by atoms with E-state index < -0.39 is 0 Å². The van der Waals surface area contributed by atoms with Gasteiger partial charge in [-0.1, -0.05) is 6.07 Å². The predicted octanol–water partition coefficient (Wildman–Crippen LogP) is 1.79. The summed E-state index contributed by atoms with van der Waals surface area (Å²) in [5.41, 5.74) is 0. The van der Waals surface area contributed by atoms with Gasteiger partial charge in [0.05, 0.1) is 13.2 Å². The quantitative estimate of drug-likeness (QED) is 0.436. The van der Waals surface area contributed by atoms with Crippen LogP contribution in [0.25, 0.3) is 0 Å². The Kier molecular flexibility index (Phi) is 8.19. The fourth-order valence-electron chi connectivity index (χ4n) is 1.64. The van der Waals surface area contributed by atoms with Gasteiger partial charge in [-0.2, -0.15) is 0 Å². The lowest BCUT2D eigenvalue weighted by molar-refractivity contribution is 0.203. The van der Waals surface area contributed by atoms with E-state index in [-0.39, 0.29) is 11.9 Å². The second kappa shape index (κ2) is 9.99. The highest BCUT2D eigenvalue weighted by atomic mass is 19.1. The average Bonchev–Trinajstić information content (AvgIpc) is 2.45. The Hall–Kier alpha value is -1.82. The Morgan fingerprint density at radius 3 is 2.86 bits per heavy atom. The maximum Gasteiger partial charge on any atom is 0.191 e. The van der Waals surface area contributed by atoms with E-state index in [0.29, 0.717) is 31.4 Å². The van der Waals surface area contributed by atoms with Crippen molar-refractivity contribution in [2.45, 2.75) is 20.0 Å². The van der Waals surface area contributed by atoms with Crippen molar-refractivity contribution in [1.29, 1.82) is 0 Å². The molecule has 0 aliphatic rings. The molecule has 0 aliphatic heterocycles. The van der Waals surface area contributed by atoms with Gasteiger partial charge in [-0.3, -0.25) is 0 Å². The predicted molar refractivity (Wildman–Crippen MR) is 82.3 cm³/mol. The molecule has 0 aliphatic carbocycles. The summed E-state index contributed by atoms with van der Waals surface area (Å²) >= 11 is 0. The molecule has 0 aromatic heterocycles. The Bertz CT molecular complexity index is 441. The van der Waals surface area contributed by atoms with Crippen LogP contribution in [0, 0.1) is 5.82 Å². The number of rotatable bonds is 8. The van der Waals surface area contributed by atoms with Crippen molar-refractivity contribution >= 4 is 5.96 Å². The van der Waals surface area contributed by atoms with Crippen molar-refractivity contribution in [1.82, 2.24) is 10.6 Å². The first-order valence-corrected chi connectivity index (χ1v) is 7.09. The normalized spacial score (nSPS) is 12.9. The molecule has 0 heterocycles. The largest absolute Gasteiger partial charge is 0.489 e. The summed E-state index contributed by atoms with van der Waals surface area (Å²) in [6, 6.07) is 6.10. The molecular formula is C15H24FN3O2. The van der Waals surface area contributed by atoms with Crippen molar-refractivity contribution in [2.75, 3.05) is 33.4 Å². The second-order valence-electron chi connectivity index (χ2n) is 4.53. The van der Waals surface area contributed by atoms with Gasteiger partial charge in [0.2, 0.25) is 0 Å². The van der Waals surface area contributed by atoms with Crippen LogP contribution in [0.2, 0.25) is 0 Å². The molecule has 0 saturated carbocycles. The summed E-state index contributed by atoms with van der Waals surface area (Å²) in [7, 11) is 1.65. The first-order chi connectivity index (χ1) is 10.2. The number of aliphatic imine (C=N–C) groups is 1. The number of halogens is 1. The van der Waals surface area contributed by atoms with E-state index in [1.807, 2.05) is 13.8 Å². The fourth-order valence-corrected chi connectivity index (χ4v) is 1.64. The Morgan fingerprint density at radius 2 is 2.19 bits per heavy atom. The van der Waals surface area contributed by atoms with E-state index in [1.165, 1.54) is 12.1 Å². The maximum atomic E-state index is 13.1. The number of hydrogen-bond donors (Lipinski definition) is 2. The molecule has 0 amide bonds. The molecule has 2 N–H and O–H groups in total. The molecule has 6 heteroatoms. The monoisotopic (exact) mass is 297 g/mol. The summed E-state index contributed by atoms with van der Waals surface area (Å²) < 4.78 is 23.7. The van der Waals surface area contributed by atoms with Gasteiger partial charge in [0.1, 0.15) is 17.7 Å². The zero-order valence-corrected chi connectivity index (χ0v) is 12.9. The number of hydrogen-bond acceptors (Lipinski definition) is 3. The van der Waals surface area contributed by atoms with E-state index >= 15 is 0 Å². The van der Waals surface area contributed by atoms with Crippen LogP contribution in [0.4, 0.5) is 4.39 Å². The summed E-state index contributed by atoms with van der Waals surface area (Å²) in [5, 5.41) is 6.29. The SMILES string of the molecule is CCNC(=NCC(C)Oc1cccc(F)c1)NCCOC. The van der Waals surface area contributed by atoms with Crippen LogP contribution in [0.3, 0.4) is 0 Å². The van der Waals surface area contributed by atoms with E-state index in [4.69, 9.17) is 9.47 Å². The highest BCUT2D eigenvalue weighted by molar-refractivity contribution is 5.79. The molecule has 1 rings (SSSR count). The lowest BCUT2D eigenvalue weighted by atomic mass is 10.3. The van der Waals surface area contributed by atoms with Gasteiger partial charge in [0.25, 0.3) is 0 Å². The third-order valence-electron chi connectivity index (χ3n) is 2.58. The minimum absolute atomic E-state index is 0.148.